The van der Waals surface area contributed by atoms with Crippen LogP contribution in [0.3, 0.4) is 0 Å². The fourth-order valence-corrected chi connectivity index (χ4v) is 1.87. The minimum absolute atomic E-state index is 0.00608. The Labute approximate surface area is 114 Å². The maximum Gasteiger partial charge on any atom is 0.387 e. The second-order valence-electron chi connectivity index (χ2n) is 4.14. The Balaban J connectivity index is 2.03. The molecule has 1 atom stereocenters. The number of rotatable bonds is 3. The number of hydrogen-bond acceptors (Lipinski definition) is 4. The topological polar surface area (TPSA) is 62.6 Å². The zero-order valence-electron chi connectivity index (χ0n) is 10.5. The molecule has 1 aliphatic rings. The molecule has 106 valence electrons. The number of amides is 1. The average molecular weight is 282 g/mol. The smallest absolute Gasteiger partial charge is 0.387 e. The molecule has 0 aliphatic carbocycles. The van der Waals surface area contributed by atoms with Crippen molar-refractivity contribution in [1.29, 1.82) is 5.26 Å². The van der Waals surface area contributed by atoms with Gasteiger partial charge in [-0.05, 0) is 24.3 Å². The molecule has 0 aromatic heterocycles. The summed E-state index contributed by atoms with van der Waals surface area (Å²) < 4.78 is 33.4. The first-order valence-electron chi connectivity index (χ1n) is 5.95. The number of halogens is 2. The van der Waals surface area contributed by atoms with E-state index in [9.17, 15) is 13.6 Å². The maximum absolute atomic E-state index is 12.2. The lowest BCUT2D eigenvalue weighted by Gasteiger charge is -2.29. The van der Waals surface area contributed by atoms with Gasteiger partial charge in [0.2, 0.25) is 0 Å². The summed E-state index contributed by atoms with van der Waals surface area (Å²) in [5.74, 6) is -0.273. The molecule has 1 saturated heterocycles. The van der Waals surface area contributed by atoms with Crippen LogP contribution in [0.15, 0.2) is 24.3 Å². The molecule has 1 fully saturated rings. The fraction of sp³-hybridized carbons (Fsp3) is 0.385. The lowest BCUT2D eigenvalue weighted by atomic mass is 10.1. The van der Waals surface area contributed by atoms with Crippen LogP contribution < -0.4 is 4.74 Å². The number of ether oxygens (including phenoxy) is 2. The van der Waals surface area contributed by atoms with Crippen LogP contribution in [0.2, 0.25) is 0 Å². The van der Waals surface area contributed by atoms with Gasteiger partial charge in [0, 0.05) is 12.1 Å². The number of carbonyl (C=O) groups is 1. The summed E-state index contributed by atoms with van der Waals surface area (Å²) in [4.78, 5) is 13.7. The molecule has 1 aliphatic heterocycles. The van der Waals surface area contributed by atoms with E-state index in [1.54, 1.807) is 0 Å². The first-order chi connectivity index (χ1) is 9.60. The van der Waals surface area contributed by atoms with Crippen LogP contribution in [0, 0.1) is 11.3 Å². The molecule has 0 N–H and O–H groups in total. The van der Waals surface area contributed by atoms with Crippen LogP contribution >= 0.6 is 0 Å². The molecule has 5 nitrogen and oxygen atoms in total. The highest BCUT2D eigenvalue weighted by Crippen LogP contribution is 2.17. The highest BCUT2D eigenvalue weighted by atomic mass is 19.3. The molecule has 0 spiro atoms. The van der Waals surface area contributed by atoms with Crippen LogP contribution in [0.4, 0.5) is 8.78 Å². The molecular formula is C13H12F2N2O3. The van der Waals surface area contributed by atoms with Gasteiger partial charge in [0.25, 0.3) is 5.91 Å². The van der Waals surface area contributed by atoms with Crippen molar-refractivity contribution in [2.75, 3.05) is 19.7 Å². The zero-order chi connectivity index (χ0) is 14.5. The minimum Gasteiger partial charge on any atom is -0.435 e. The molecular weight excluding hydrogens is 270 g/mol. The standard InChI is InChI=1S/C13H12F2N2O3/c14-13(15)20-10-3-1-9(2-4-10)12(18)17-5-6-19-11(7-16)8-17/h1-4,11,13H,5-6,8H2. The summed E-state index contributed by atoms with van der Waals surface area (Å²) in [6, 6.07) is 7.39. The van der Waals surface area contributed by atoms with Crippen molar-refractivity contribution in [2.24, 2.45) is 0 Å². The van der Waals surface area contributed by atoms with Gasteiger partial charge in [0.05, 0.1) is 19.2 Å². The van der Waals surface area contributed by atoms with Gasteiger partial charge in [-0.15, -0.1) is 0 Å². The van der Waals surface area contributed by atoms with E-state index in [-0.39, 0.29) is 18.2 Å². The fourth-order valence-electron chi connectivity index (χ4n) is 1.87. The van der Waals surface area contributed by atoms with Crippen molar-refractivity contribution >= 4 is 5.91 Å². The highest BCUT2D eigenvalue weighted by molar-refractivity contribution is 5.94. The van der Waals surface area contributed by atoms with E-state index < -0.39 is 12.7 Å². The van der Waals surface area contributed by atoms with Crippen LogP contribution in [-0.2, 0) is 4.74 Å². The number of morpholine rings is 1. The summed E-state index contributed by atoms with van der Waals surface area (Å²) >= 11 is 0. The molecule has 1 amide bonds. The summed E-state index contributed by atoms with van der Waals surface area (Å²) in [6.45, 7) is -2.00. The van der Waals surface area contributed by atoms with Gasteiger partial charge in [-0.1, -0.05) is 0 Å². The molecule has 0 saturated carbocycles. The van der Waals surface area contributed by atoms with E-state index in [1.165, 1.54) is 29.2 Å². The Morgan fingerprint density at radius 2 is 2.15 bits per heavy atom. The first-order valence-corrected chi connectivity index (χ1v) is 5.95. The number of carbonyl (C=O) groups excluding carboxylic acids is 1. The normalized spacial score (nSPS) is 18.7. The third-order valence-electron chi connectivity index (χ3n) is 2.82. The molecule has 0 bridgehead atoms. The van der Waals surface area contributed by atoms with Gasteiger partial charge in [0.15, 0.2) is 6.10 Å². The molecule has 2 rings (SSSR count). The Hall–Kier alpha value is -2.20. The molecule has 0 radical (unpaired) electrons. The van der Waals surface area contributed by atoms with Crippen molar-refractivity contribution in [3.8, 4) is 11.8 Å². The number of hydrogen-bond donors (Lipinski definition) is 0. The number of nitriles is 1. The molecule has 1 aromatic rings. The van der Waals surface area contributed by atoms with E-state index in [4.69, 9.17) is 10.00 Å². The second kappa shape index (κ2) is 6.30. The minimum atomic E-state index is -2.90. The molecule has 1 unspecified atom stereocenters. The van der Waals surface area contributed by atoms with Gasteiger partial charge in [-0.2, -0.15) is 14.0 Å². The Morgan fingerprint density at radius 3 is 2.75 bits per heavy atom. The van der Waals surface area contributed by atoms with Gasteiger partial charge >= 0.3 is 6.61 Å². The summed E-state index contributed by atoms with van der Waals surface area (Å²) in [5, 5.41) is 8.78. The van der Waals surface area contributed by atoms with Crippen LogP contribution in [0.1, 0.15) is 10.4 Å². The number of nitrogens with zero attached hydrogens (tertiary/aromatic N) is 2. The van der Waals surface area contributed by atoms with E-state index >= 15 is 0 Å². The lowest BCUT2D eigenvalue weighted by molar-refractivity contribution is -0.0498. The van der Waals surface area contributed by atoms with Gasteiger partial charge in [0.1, 0.15) is 5.75 Å². The van der Waals surface area contributed by atoms with E-state index in [1.807, 2.05) is 6.07 Å². The second-order valence-corrected chi connectivity index (χ2v) is 4.14. The number of alkyl halides is 2. The van der Waals surface area contributed by atoms with Crippen molar-refractivity contribution in [3.63, 3.8) is 0 Å². The van der Waals surface area contributed by atoms with Crippen molar-refractivity contribution < 1.29 is 23.0 Å². The van der Waals surface area contributed by atoms with Crippen molar-refractivity contribution in [3.05, 3.63) is 29.8 Å². The van der Waals surface area contributed by atoms with E-state index in [0.29, 0.717) is 18.7 Å². The predicted molar refractivity (Wildman–Crippen MR) is 64.3 cm³/mol. The molecule has 7 heteroatoms. The van der Waals surface area contributed by atoms with Crippen LogP contribution in [0.25, 0.3) is 0 Å². The SMILES string of the molecule is N#CC1CN(C(=O)c2ccc(OC(F)F)cc2)CCO1. The van der Waals surface area contributed by atoms with Gasteiger partial charge in [-0.25, -0.2) is 0 Å². The largest absolute Gasteiger partial charge is 0.435 e. The van der Waals surface area contributed by atoms with Crippen LogP contribution in [-0.4, -0.2) is 43.2 Å². The number of benzene rings is 1. The Bertz CT molecular complexity index is 513. The molecule has 1 aromatic carbocycles. The average Bonchev–Trinajstić information content (AvgIpc) is 2.47. The maximum atomic E-state index is 12.2. The Kier molecular flexibility index (Phi) is 4.48. The van der Waals surface area contributed by atoms with Crippen molar-refractivity contribution in [1.82, 2.24) is 4.90 Å². The predicted octanol–water partition coefficient (Wildman–Crippen LogP) is 1.65. The molecule has 1 heterocycles. The molecule has 20 heavy (non-hydrogen) atoms. The highest BCUT2D eigenvalue weighted by Gasteiger charge is 2.24. The first kappa shape index (κ1) is 14.2. The summed E-state index contributed by atoms with van der Waals surface area (Å²) in [7, 11) is 0. The third-order valence-corrected chi connectivity index (χ3v) is 2.82. The van der Waals surface area contributed by atoms with E-state index in [0.717, 1.165) is 0 Å². The quantitative estimate of drug-likeness (QED) is 0.845. The lowest BCUT2D eigenvalue weighted by Crippen LogP contribution is -2.45. The van der Waals surface area contributed by atoms with Crippen molar-refractivity contribution in [2.45, 2.75) is 12.7 Å². The van der Waals surface area contributed by atoms with Gasteiger partial charge < -0.3 is 14.4 Å². The summed E-state index contributed by atoms with van der Waals surface area (Å²) in [6.07, 6.45) is -0.630. The van der Waals surface area contributed by atoms with Gasteiger partial charge in [-0.3, -0.25) is 4.79 Å². The monoisotopic (exact) mass is 282 g/mol. The van der Waals surface area contributed by atoms with E-state index in [2.05, 4.69) is 4.74 Å². The summed E-state index contributed by atoms with van der Waals surface area (Å²) in [5.41, 5.74) is 0.352. The zero-order valence-corrected chi connectivity index (χ0v) is 10.5. The third kappa shape index (κ3) is 3.42. The Morgan fingerprint density at radius 1 is 1.45 bits per heavy atom. The van der Waals surface area contributed by atoms with Crippen LogP contribution in [0.5, 0.6) is 5.75 Å².